The molecule has 0 atom stereocenters. The van der Waals surface area contributed by atoms with Gasteiger partial charge in [-0.1, -0.05) is 67.6 Å². The van der Waals surface area contributed by atoms with E-state index in [0.717, 1.165) is 24.5 Å². The van der Waals surface area contributed by atoms with Gasteiger partial charge in [-0.3, -0.25) is 0 Å². The zero-order chi connectivity index (χ0) is 25.7. The molecule has 1 aliphatic heterocycles. The molecule has 5 aromatic carbocycles. The second kappa shape index (κ2) is 8.77. The molecule has 7 heteroatoms. The maximum atomic E-state index is 9.75. The second-order valence-corrected chi connectivity index (χ2v) is 9.11. The van der Waals surface area contributed by atoms with Crippen LogP contribution in [0.5, 0.6) is 11.5 Å². The Morgan fingerprint density at radius 3 is 1.97 bits per heavy atom. The van der Waals surface area contributed by atoms with Gasteiger partial charge in [-0.05, 0) is 39.7 Å². The Morgan fingerprint density at radius 2 is 1.24 bits per heavy atom. The van der Waals surface area contributed by atoms with Crippen LogP contribution in [0.1, 0.15) is 13.3 Å². The molecule has 0 aliphatic carbocycles. The third kappa shape index (κ3) is 3.95. The molecular formula is C30H22BF4NO. The zero-order valence-electron chi connectivity index (χ0n) is 20.0. The summed E-state index contributed by atoms with van der Waals surface area (Å²) in [7, 11) is -6.00. The minimum atomic E-state index is -6.00. The van der Waals surface area contributed by atoms with Crippen LogP contribution >= 0.6 is 0 Å². The number of hydrogen-bond acceptors (Lipinski definition) is 1. The van der Waals surface area contributed by atoms with Crippen LogP contribution in [0.4, 0.5) is 17.3 Å². The maximum Gasteiger partial charge on any atom is 0.673 e. The normalized spacial score (nSPS) is 12.4. The highest BCUT2D eigenvalue weighted by atomic mass is 19.5. The van der Waals surface area contributed by atoms with Crippen LogP contribution in [0.15, 0.2) is 91.0 Å². The number of aryl methyl sites for hydroxylation is 1. The van der Waals surface area contributed by atoms with Crippen molar-refractivity contribution in [2.75, 3.05) is 0 Å². The summed E-state index contributed by atoms with van der Waals surface area (Å²) in [5.74, 6) is 1.88. The van der Waals surface area contributed by atoms with E-state index >= 15 is 0 Å². The lowest BCUT2D eigenvalue weighted by Gasteiger charge is -2.24. The third-order valence-corrected chi connectivity index (χ3v) is 6.80. The summed E-state index contributed by atoms with van der Waals surface area (Å²) in [5.41, 5.74) is 5.02. The third-order valence-electron chi connectivity index (χ3n) is 6.80. The van der Waals surface area contributed by atoms with Gasteiger partial charge in [-0.25, -0.2) is 0 Å². The predicted octanol–water partition coefficient (Wildman–Crippen LogP) is 9.07. The van der Waals surface area contributed by atoms with Gasteiger partial charge in [-0.15, -0.1) is 0 Å². The number of rotatable bonds is 2. The molecule has 0 saturated carbocycles. The van der Waals surface area contributed by atoms with Gasteiger partial charge in [0.15, 0.2) is 0 Å². The summed E-state index contributed by atoms with van der Waals surface area (Å²) in [6.07, 6.45) is 1.08. The van der Waals surface area contributed by atoms with Gasteiger partial charge in [0.25, 0.3) is 0 Å². The topological polar surface area (TPSA) is 13.1 Å². The summed E-state index contributed by atoms with van der Waals surface area (Å²) in [4.78, 5) is 0. The van der Waals surface area contributed by atoms with E-state index in [1.165, 1.54) is 54.5 Å². The van der Waals surface area contributed by atoms with Gasteiger partial charge in [0, 0.05) is 29.7 Å². The first kappa shape index (κ1) is 23.3. The highest BCUT2D eigenvalue weighted by Gasteiger charge is 2.31. The Bertz CT molecular complexity index is 1830. The van der Waals surface area contributed by atoms with Gasteiger partial charge in [0.05, 0.1) is 10.8 Å². The molecule has 37 heavy (non-hydrogen) atoms. The lowest BCUT2D eigenvalue weighted by molar-refractivity contribution is -0.645. The van der Waals surface area contributed by atoms with E-state index in [2.05, 4.69) is 102 Å². The molecule has 0 radical (unpaired) electrons. The van der Waals surface area contributed by atoms with E-state index in [-0.39, 0.29) is 0 Å². The molecule has 2 nitrogen and oxygen atoms in total. The van der Waals surface area contributed by atoms with E-state index < -0.39 is 7.25 Å². The Labute approximate surface area is 210 Å². The highest BCUT2D eigenvalue weighted by Crippen LogP contribution is 2.52. The fourth-order valence-electron chi connectivity index (χ4n) is 5.51. The van der Waals surface area contributed by atoms with E-state index in [4.69, 9.17) is 4.74 Å². The fraction of sp³-hybridized carbons (Fsp3) is 0.100. The van der Waals surface area contributed by atoms with Gasteiger partial charge in [-0.2, -0.15) is 4.57 Å². The van der Waals surface area contributed by atoms with Crippen LogP contribution in [-0.2, 0) is 6.54 Å². The molecule has 0 N–H and O–H groups in total. The Kier molecular flexibility index (Phi) is 5.52. The number of nitrogens with zero attached hydrogens (tertiary/aromatic N) is 1. The van der Waals surface area contributed by atoms with Crippen molar-refractivity contribution in [2.45, 2.75) is 19.9 Å². The van der Waals surface area contributed by atoms with Crippen LogP contribution in [0.2, 0.25) is 0 Å². The minimum Gasteiger partial charge on any atom is -0.456 e. The molecule has 0 fully saturated rings. The van der Waals surface area contributed by atoms with E-state index in [1.807, 2.05) is 0 Å². The lowest BCUT2D eigenvalue weighted by atomic mass is 9.87. The van der Waals surface area contributed by atoms with Gasteiger partial charge in [0.2, 0.25) is 11.0 Å². The highest BCUT2D eigenvalue weighted by molar-refractivity contribution is 6.50. The molecule has 0 saturated heterocycles. The molecular weight excluding hydrogens is 477 g/mol. The van der Waals surface area contributed by atoms with E-state index in [9.17, 15) is 17.3 Å². The lowest BCUT2D eigenvalue weighted by Crippen LogP contribution is -2.36. The summed E-state index contributed by atoms with van der Waals surface area (Å²) in [5, 5.41) is 7.57. The van der Waals surface area contributed by atoms with Crippen molar-refractivity contribution in [2.24, 2.45) is 0 Å². The molecule has 0 bridgehead atoms. The van der Waals surface area contributed by atoms with Gasteiger partial charge >= 0.3 is 7.25 Å². The van der Waals surface area contributed by atoms with Crippen LogP contribution in [0.25, 0.3) is 54.5 Å². The van der Waals surface area contributed by atoms with Crippen LogP contribution < -0.4 is 9.30 Å². The second-order valence-electron chi connectivity index (χ2n) is 9.11. The van der Waals surface area contributed by atoms with E-state index in [1.54, 1.807) is 0 Å². The average Bonchev–Trinajstić information content (AvgIpc) is 2.88. The van der Waals surface area contributed by atoms with Crippen molar-refractivity contribution in [1.82, 2.24) is 0 Å². The monoisotopic (exact) mass is 499 g/mol. The van der Waals surface area contributed by atoms with Gasteiger partial charge in [0.1, 0.15) is 18.0 Å². The van der Waals surface area contributed by atoms with Crippen molar-refractivity contribution < 1.29 is 26.6 Å². The molecule has 0 unspecified atom stereocenters. The Balaban J connectivity index is 0.000000463. The average molecular weight is 499 g/mol. The minimum absolute atomic E-state index is 0.936. The molecule has 1 aliphatic rings. The quantitative estimate of drug-likeness (QED) is 0.0761. The molecule has 184 valence electrons. The fourth-order valence-corrected chi connectivity index (χ4v) is 5.51. The van der Waals surface area contributed by atoms with Gasteiger partial charge < -0.3 is 22.0 Å². The molecule has 0 amide bonds. The summed E-state index contributed by atoms with van der Waals surface area (Å²) in [6, 6.07) is 32.7. The SMILES string of the molecule is CCC[n+]1c2cccc3c2c(c2c4ccccc4ccc21)-c1c(ccc2ccccc12)O3.F[B-](F)(F)F. The molecule has 2 heterocycles. The van der Waals surface area contributed by atoms with Crippen molar-refractivity contribution in [3.05, 3.63) is 91.0 Å². The Hall–Kier alpha value is -4.13. The summed E-state index contributed by atoms with van der Waals surface area (Å²) >= 11 is 0. The maximum absolute atomic E-state index is 9.75. The first-order valence-electron chi connectivity index (χ1n) is 12.2. The first-order chi connectivity index (χ1) is 17.8. The van der Waals surface area contributed by atoms with Crippen molar-refractivity contribution >= 4 is 50.6 Å². The van der Waals surface area contributed by atoms with Crippen molar-refractivity contribution in [3.63, 3.8) is 0 Å². The summed E-state index contributed by atoms with van der Waals surface area (Å²) in [6.45, 7) is 3.21. The number of aromatic nitrogens is 1. The number of fused-ring (bicyclic) bond motifs is 8. The number of pyridine rings is 1. The van der Waals surface area contributed by atoms with Crippen molar-refractivity contribution in [1.29, 1.82) is 0 Å². The van der Waals surface area contributed by atoms with E-state index in [0.29, 0.717) is 0 Å². The van der Waals surface area contributed by atoms with Crippen LogP contribution in [0.3, 0.4) is 0 Å². The number of benzene rings is 5. The van der Waals surface area contributed by atoms with Crippen molar-refractivity contribution in [3.8, 4) is 22.6 Å². The van der Waals surface area contributed by atoms with Crippen LogP contribution in [-0.4, -0.2) is 7.25 Å². The number of halogens is 4. The Morgan fingerprint density at radius 1 is 0.622 bits per heavy atom. The zero-order valence-corrected chi connectivity index (χ0v) is 20.0. The molecule has 7 rings (SSSR count). The van der Waals surface area contributed by atoms with Crippen LogP contribution in [0, 0.1) is 0 Å². The summed E-state index contributed by atoms with van der Waals surface area (Å²) < 4.78 is 48.0. The molecule has 0 spiro atoms. The molecule has 1 aromatic heterocycles. The predicted molar refractivity (Wildman–Crippen MR) is 143 cm³/mol. The molecule has 6 aromatic rings. The largest absolute Gasteiger partial charge is 0.673 e. The number of ether oxygens (including phenoxy) is 1. The first-order valence-corrected chi connectivity index (χ1v) is 12.2. The standard InChI is InChI=1S/C30H22NO.BF4/c1-2-18-31-23-12-7-13-25-29(23)30(27-21-10-5-3-8-19(21)14-16-24(27)31)28-22-11-6-4-9-20(22)15-17-26(28)32-25;2-1(3,4)5/h3-17H,2,18H2,1H3;/q+1;-1. The smallest absolute Gasteiger partial charge is 0.456 e. The number of hydrogen-bond donors (Lipinski definition) is 0.